The zero-order valence-corrected chi connectivity index (χ0v) is 12.9. The lowest BCUT2D eigenvalue weighted by Crippen LogP contribution is -2.05. The van der Waals surface area contributed by atoms with Gasteiger partial charge in [-0.15, -0.1) is 0 Å². The van der Waals surface area contributed by atoms with Gasteiger partial charge in [0.05, 0.1) is 0 Å². The zero-order chi connectivity index (χ0) is 13.8. The van der Waals surface area contributed by atoms with Gasteiger partial charge in [0.15, 0.2) is 0 Å². The van der Waals surface area contributed by atoms with Crippen molar-refractivity contribution in [3.8, 4) is 0 Å². The largest absolute Gasteiger partial charge is 0.0890 e. The molecule has 0 N–H and O–H groups in total. The summed E-state index contributed by atoms with van der Waals surface area (Å²) in [4.78, 5) is 0.993. The molecular weight excluding hydrogens is 295 g/mol. The molecule has 0 heterocycles. The van der Waals surface area contributed by atoms with Crippen LogP contribution in [0, 0.1) is 6.92 Å². The van der Waals surface area contributed by atoms with E-state index in [-0.39, 0.29) is 0 Å². The van der Waals surface area contributed by atoms with E-state index < -0.39 is 0 Å². The van der Waals surface area contributed by atoms with Gasteiger partial charge >= 0.3 is 0 Å². The summed E-state index contributed by atoms with van der Waals surface area (Å²) < 4.78 is 0. The molecule has 19 heavy (non-hydrogen) atoms. The third-order valence-corrected chi connectivity index (χ3v) is 3.75. The van der Waals surface area contributed by atoms with Gasteiger partial charge in [0.2, 0.25) is 0 Å². The highest BCUT2D eigenvalue weighted by molar-refractivity contribution is 7.80. The SMILES string of the molecule is Cc1ccc(Cl)cc1CC(=S)Cc1cccc(Cl)c1. The van der Waals surface area contributed by atoms with Crippen molar-refractivity contribution in [1.29, 1.82) is 0 Å². The normalized spacial score (nSPS) is 10.5. The summed E-state index contributed by atoms with van der Waals surface area (Å²) in [6.07, 6.45) is 1.54. The summed E-state index contributed by atoms with van der Waals surface area (Å²) in [6, 6.07) is 13.7. The average molecular weight is 309 g/mol. The van der Waals surface area contributed by atoms with E-state index >= 15 is 0 Å². The fourth-order valence-electron chi connectivity index (χ4n) is 1.98. The predicted octanol–water partition coefficient (Wildman–Crippen LogP) is 5.46. The summed E-state index contributed by atoms with van der Waals surface area (Å²) in [7, 11) is 0. The van der Waals surface area contributed by atoms with Crippen molar-refractivity contribution >= 4 is 40.3 Å². The Kier molecular flexibility index (Phi) is 4.98. The van der Waals surface area contributed by atoms with E-state index in [2.05, 4.69) is 6.92 Å². The van der Waals surface area contributed by atoms with Crippen LogP contribution in [0.5, 0.6) is 0 Å². The van der Waals surface area contributed by atoms with Crippen molar-refractivity contribution in [3.05, 3.63) is 69.2 Å². The van der Waals surface area contributed by atoms with E-state index in [1.807, 2.05) is 42.5 Å². The molecule has 98 valence electrons. The van der Waals surface area contributed by atoms with Crippen LogP contribution < -0.4 is 0 Å². The Balaban J connectivity index is 2.07. The third-order valence-electron chi connectivity index (χ3n) is 2.99. The molecule has 0 radical (unpaired) electrons. The smallest absolute Gasteiger partial charge is 0.0409 e. The Labute approximate surface area is 129 Å². The number of halogens is 2. The highest BCUT2D eigenvalue weighted by Gasteiger charge is 2.05. The molecule has 0 aromatic heterocycles. The summed E-state index contributed by atoms with van der Waals surface area (Å²) in [5.41, 5.74) is 3.56. The van der Waals surface area contributed by atoms with Crippen LogP contribution in [-0.4, -0.2) is 4.86 Å². The van der Waals surface area contributed by atoms with Gasteiger partial charge < -0.3 is 0 Å². The van der Waals surface area contributed by atoms with Crippen molar-refractivity contribution in [2.45, 2.75) is 19.8 Å². The molecule has 0 saturated heterocycles. The molecule has 0 bridgehead atoms. The zero-order valence-electron chi connectivity index (χ0n) is 10.6. The first-order valence-corrected chi connectivity index (χ1v) is 7.22. The van der Waals surface area contributed by atoms with E-state index in [1.165, 1.54) is 11.1 Å². The molecule has 2 aromatic carbocycles. The number of hydrogen-bond donors (Lipinski definition) is 0. The van der Waals surface area contributed by atoms with Crippen LogP contribution in [-0.2, 0) is 12.8 Å². The van der Waals surface area contributed by atoms with E-state index in [0.29, 0.717) is 0 Å². The van der Waals surface area contributed by atoms with Crippen LogP contribution in [0.4, 0.5) is 0 Å². The summed E-state index contributed by atoms with van der Waals surface area (Å²) in [5.74, 6) is 0. The monoisotopic (exact) mass is 308 g/mol. The van der Waals surface area contributed by atoms with E-state index in [0.717, 1.165) is 33.3 Å². The average Bonchev–Trinajstić information content (AvgIpc) is 2.34. The molecule has 0 amide bonds. The highest BCUT2D eigenvalue weighted by Crippen LogP contribution is 2.18. The van der Waals surface area contributed by atoms with Gasteiger partial charge in [-0.05, 0) is 47.9 Å². The van der Waals surface area contributed by atoms with Crippen LogP contribution in [0.2, 0.25) is 10.0 Å². The van der Waals surface area contributed by atoms with E-state index in [9.17, 15) is 0 Å². The number of benzene rings is 2. The first-order valence-electron chi connectivity index (χ1n) is 6.06. The first-order chi connectivity index (χ1) is 9.04. The summed E-state index contributed by atoms with van der Waals surface area (Å²) in [5, 5.41) is 1.50. The van der Waals surface area contributed by atoms with Gasteiger partial charge in [-0.25, -0.2) is 0 Å². The molecule has 0 unspecified atom stereocenters. The Morgan fingerprint density at radius 1 is 1.00 bits per heavy atom. The molecule has 2 rings (SSSR count). The lowest BCUT2D eigenvalue weighted by molar-refractivity contribution is 1.22. The Morgan fingerprint density at radius 2 is 1.74 bits per heavy atom. The van der Waals surface area contributed by atoms with Gasteiger partial charge in [0.25, 0.3) is 0 Å². The Hall–Kier alpha value is -0.890. The maximum atomic E-state index is 6.02. The second-order valence-corrected chi connectivity index (χ2v) is 6.04. The molecule has 0 atom stereocenters. The molecule has 0 aliphatic rings. The third kappa shape index (κ3) is 4.31. The fraction of sp³-hybridized carbons (Fsp3) is 0.188. The number of rotatable bonds is 4. The standard InChI is InChI=1S/C16H14Cl2S/c1-11-5-6-15(18)9-13(11)10-16(19)8-12-3-2-4-14(17)7-12/h2-7,9H,8,10H2,1H3. The van der Waals surface area contributed by atoms with Crippen molar-refractivity contribution in [1.82, 2.24) is 0 Å². The minimum Gasteiger partial charge on any atom is -0.0890 e. The quantitative estimate of drug-likeness (QED) is 0.676. The minimum absolute atomic E-state index is 0.749. The lowest BCUT2D eigenvalue weighted by Gasteiger charge is -2.08. The first kappa shape index (κ1) is 14.5. The minimum atomic E-state index is 0.749. The topological polar surface area (TPSA) is 0 Å². The Bertz CT molecular complexity index is 605. The predicted molar refractivity (Wildman–Crippen MR) is 87.6 cm³/mol. The molecule has 0 aliphatic heterocycles. The molecule has 2 aromatic rings. The molecule has 0 aliphatic carbocycles. The Morgan fingerprint density at radius 3 is 2.47 bits per heavy atom. The molecule has 0 saturated carbocycles. The molecular formula is C16H14Cl2S. The van der Waals surface area contributed by atoms with Gasteiger partial charge in [0.1, 0.15) is 0 Å². The summed E-state index contributed by atoms with van der Waals surface area (Å²) in [6.45, 7) is 2.08. The molecule has 0 nitrogen and oxygen atoms in total. The van der Waals surface area contributed by atoms with Gasteiger partial charge in [-0.2, -0.15) is 0 Å². The van der Waals surface area contributed by atoms with Gasteiger partial charge in [-0.3, -0.25) is 0 Å². The maximum Gasteiger partial charge on any atom is 0.0409 e. The van der Waals surface area contributed by atoms with Crippen LogP contribution in [0.3, 0.4) is 0 Å². The van der Waals surface area contributed by atoms with E-state index in [1.54, 1.807) is 0 Å². The fourth-order valence-corrected chi connectivity index (χ4v) is 2.71. The lowest BCUT2D eigenvalue weighted by atomic mass is 10.0. The van der Waals surface area contributed by atoms with Crippen molar-refractivity contribution < 1.29 is 0 Å². The molecule has 3 heteroatoms. The number of aryl methyl sites for hydroxylation is 1. The van der Waals surface area contributed by atoms with Gasteiger partial charge in [0, 0.05) is 27.8 Å². The van der Waals surface area contributed by atoms with Crippen molar-refractivity contribution in [3.63, 3.8) is 0 Å². The molecule has 0 fully saturated rings. The van der Waals surface area contributed by atoms with Crippen molar-refractivity contribution in [2.24, 2.45) is 0 Å². The van der Waals surface area contributed by atoms with Crippen LogP contribution in [0.25, 0.3) is 0 Å². The second kappa shape index (κ2) is 6.51. The number of hydrogen-bond acceptors (Lipinski definition) is 1. The summed E-state index contributed by atoms with van der Waals surface area (Å²) >= 11 is 17.5. The van der Waals surface area contributed by atoms with Crippen LogP contribution in [0.1, 0.15) is 16.7 Å². The van der Waals surface area contributed by atoms with Crippen molar-refractivity contribution in [2.75, 3.05) is 0 Å². The maximum absolute atomic E-state index is 6.02. The van der Waals surface area contributed by atoms with Gasteiger partial charge in [-0.1, -0.05) is 53.6 Å². The van der Waals surface area contributed by atoms with E-state index in [4.69, 9.17) is 35.4 Å². The number of thiocarbonyl (C=S) groups is 1. The van der Waals surface area contributed by atoms with Crippen LogP contribution in [0.15, 0.2) is 42.5 Å². The highest BCUT2D eigenvalue weighted by atomic mass is 35.5. The van der Waals surface area contributed by atoms with Crippen LogP contribution >= 0.6 is 35.4 Å². The second-order valence-electron chi connectivity index (χ2n) is 4.59. The molecule has 0 spiro atoms.